The van der Waals surface area contributed by atoms with Gasteiger partial charge in [-0.1, -0.05) is 0 Å². The van der Waals surface area contributed by atoms with Crippen molar-refractivity contribution in [2.45, 2.75) is 31.7 Å². The molecule has 2 heterocycles. The summed E-state index contributed by atoms with van der Waals surface area (Å²) < 4.78 is 2.23. The number of nitrogens with zero attached hydrogens (tertiary/aromatic N) is 2. The van der Waals surface area contributed by atoms with Crippen LogP contribution >= 0.6 is 11.8 Å². The maximum Gasteiger partial charge on any atom is 0.0538 e. The SMILES string of the molecule is NCCCc1ccnn1C1CCSCC1. The molecule has 0 saturated carbocycles. The summed E-state index contributed by atoms with van der Waals surface area (Å²) in [5, 5.41) is 4.46. The van der Waals surface area contributed by atoms with Crippen LogP contribution in [0.5, 0.6) is 0 Å². The molecular weight excluding hydrogens is 206 g/mol. The summed E-state index contributed by atoms with van der Waals surface area (Å²) in [5.74, 6) is 2.56. The molecule has 0 spiro atoms. The summed E-state index contributed by atoms with van der Waals surface area (Å²) in [4.78, 5) is 0. The van der Waals surface area contributed by atoms with E-state index in [4.69, 9.17) is 5.73 Å². The molecule has 2 N–H and O–H groups in total. The molecule has 1 aromatic heterocycles. The topological polar surface area (TPSA) is 43.8 Å². The molecule has 1 fully saturated rings. The highest BCUT2D eigenvalue weighted by molar-refractivity contribution is 7.99. The summed E-state index contributed by atoms with van der Waals surface area (Å²) in [7, 11) is 0. The van der Waals surface area contributed by atoms with Crippen LogP contribution in [0.2, 0.25) is 0 Å². The van der Waals surface area contributed by atoms with E-state index in [9.17, 15) is 0 Å². The van der Waals surface area contributed by atoms with E-state index in [0.29, 0.717) is 6.04 Å². The summed E-state index contributed by atoms with van der Waals surface area (Å²) in [5.41, 5.74) is 6.90. The Morgan fingerprint density at radius 1 is 1.47 bits per heavy atom. The van der Waals surface area contributed by atoms with E-state index in [1.807, 2.05) is 6.20 Å². The van der Waals surface area contributed by atoms with E-state index in [0.717, 1.165) is 19.4 Å². The largest absolute Gasteiger partial charge is 0.330 e. The molecule has 2 rings (SSSR count). The zero-order valence-electron chi connectivity index (χ0n) is 9.06. The summed E-state index contributed by atoms with van der Waals surface area (Å²) in [6, 6.07) is 2.77. The normalized spacial score (nSPS) is 18.2. The summed E-state index contributed by atoms with van der Waals surface area (Å²) >= 11 is 2.06. The monoisotopic (exact) mass is 225 g/mol. The third kappa shape index (κ3) is 2.75. The summed E-state index contributed by atoms with van der Waals surface area (Å²) in [6.45, 7) is 0.770. The number of rotatable bonds is 4. The maximum absolute atomic E-state index is 5.54. The van der Waals surface area contributed by atoms with Crippen LogP contribution in [-0.4, -0.2) is 27.8 Å². The minimum atomic E-state index is 0.633. The Bertz CT molecular complexity index is 292. The van der Waals surface area contributed by atoms with Gasteiger partial charge in [0.1, 0.15) is 0 Å². The van der Waals surface area contributed by atoms with Crippen LogP contribution < -0.4 is 5.73 Å². The molecular formula is C11H19N3S. The second-order valence-electron chi connectivity index (χ2n) is 4.00. The highest BCUT2D eigenvalue weighted by Crippen LogP contribution is 2.27. The smallest absolute Gasteiger partial charge is 0.0538 e. The van der Waals surface area contributed by atoms with E-state index in [1.54, 1.807) is 0 Å². The lowest BCUT2D eigenvalue weighted by atomic mass is 10.1. The molecule has 0 radical (unpaired) electrons. The first-order valence-corrected chi connectivity index (χ1v) is 6.87. The van der Waals surface area contributed by atoms with E-state index in [2.05, 4.69) is 27.6 Å². The molecule has 0 aliphatic carbocycles. The number of thioether (sulfide) groups is 1. The lowest BCUT2D eigenvalue weighted by molar-refractivity contribution is 0.411. The maximum atomic E-state index is 5.54. The van der Waals surface area contributed by atoms with Crippen LogP contribution in [0.15, 0.2) is 12.3 Å². The van der Waals surface area contributed by atoms with Gasteiger partial charge >= 0.3 is 0 Å². The van der Waals surface area contributed by atoms with Crippen LogP contribution in [0, 0.1) is 0 Å². The molecule has 15 heavy (non-hydrogen) atoms. The van der Waals surface area contributed by atoms with Crippen LogP contribution in [-0.2, 0) is 6.42 Å². The first-order valence-electron chi connectivity index (χ1n) is 5.72. The number of aryl methyl sites for hydroxylation is 1. The van der Waals surface area contributed by atoms with Crippen molar-refractivity contribution in [2.24, 2.45) is 5.73 Å². The number of hydrogen-bond acceptors (Lipinski definition) is 3. The molecule has 0 bridgehead atoms. The van der Waals surface area contributed by atoms with Crippen molar-refractivity contribution < 1.29 is 0 Å². The molecule has 0 amide bonds. The Morgan fingerprint density at radius 2 is 2.27 bits per heavy atom. The van der Waals surface area contributed by atoms with Crippen molar-refractivity contribution >= 4 is 11.8 Å². The van der Waals surface area contributed by atoms with Gasteiger partial charge in [-0.05, 0) is 49.8 Å². The summed E-state index contributed by atoms with van der Waals surface area (Å²) in [6.07, 6.45) is 6.59. The van der Waals surface area contributed by atoms with Gasteiger partial charge in [0.25, 0.3) is 0 Å². The Labute approximate surface area is 95.4 Å². The third-order valence-electron chi connectivity index (χ3n) is 2.93. The zero-order valence-corrected chi connectivity index (χ0v) is 9.88. The molecule has 4 heteroatoms. The highest BCUT2D eigenvalue weighted by Gasteiger charge is 2.17. The average molecular weight is 225 g/mol. The molecule has 3 nitrogen and oxygen atoms in total. The Hall–Kier alpha value is -0.480. The van der Waals surface area contributed by atoms with Crippen LogP contribution in [0.3, 0.4) is 0 Å². The first kappa shape index (κ1) is 11.0. The van der Waals surface area contributed by atoms with Crippen molar-refractivity contribution in [1.29, 1.82) is 0 Å². The molecule has 84 valence electrons. The fourth-order valence-electron chi connectivity index (χ4n) is 2.08. The van der Waals surface area contributed by atoms with Crippen LogP contribution in [0.4, 0.5) is 0 Å². The fourth-order valence-corrected chi connectivity index (χ4v) is 3.16. The molecule has 1 aliphatic heterocycles. The predicted octanol–water partition coefficient (Wildman–Crippen LogP) is 1.84. The second-order valence-corrected chi connectivity index (χ2v) is 5.23. The quantitative estimate of drug-likeness (QED) is 0.850. The highest BCUT2D eigenvalue weighted by atomic mass is 32.2. The van der Waals surface area contributed by atoms with E-state index in [-0.39, 0.29) is 0 Å². The second kappa shape index (κ2) is 5.56. The molecule has 0 atom stereocenters. The van der Waals surface area contributed by atoms with Crippen molar-refractivity contribution in [3.63, 3.8) is 0 Å². The van der Waals surface area contributed by atoms with E-state index >= 15 is 0 Å². The van der Waals surface area contributed by atoms with Gasteiger partial charge in [-0.2, -0.15) is 16.9 Å². The standard InChI is InChI=1S/C11H19N3S/c12-6-1-2-10-3-7-13-14(10)11-4-8-15-9-5-11/h3,7,11H,1-2,4-6,8-9,12H2. The van der Waals surface area contributed by atoms with Gasteiger partial charge in [0.05, 0.1) is 6.04 Å². The number of aromatic nitrogens is 2. The number of nitrogens with two attached hydrogens (primary N) is 1. The minimum absolute atomic E-state index is 0.633. The van der Waals surface area contributed by atoms with Gasteiger partial charge in [-0.3, -0.25) is 4.68 Å². The molecule has 1 aromatic rings. The molecule has 0 aromatic carbocycles. The number of hydrogen-bond donors (Lipinski definition) is 1. The van der Waals surface area contributed by atoms with Crippen molar-refractivity contribution in [1.82, 2.24) is 9.78 Å². The van der Waals surface area contributed by atoms with Crippen molar-refractivity contribution in [3.05, 3.63) is 18.0 Å². The fraction of sp³-hybridized carbons (Fsp3) is 0.727. The van der Waals surface area contributed by atoms with Gasteiger partial charge in [-0.25, -0.2) is 0 Å². The lowest BCUT2D eigenvalue weighted by Crippen LogP contribution is -2.18. The first-order chi connectivity index (χ1) is 7.42. The minimum Gasteiger partial charge on any atom is -0.330 e. The molecule has 1 aliphatic rings. The van der Waals surface area contributed by atoms with Gasteiger partial charge in [-0.15, -0.1) is 0 Å². The Kier molecular flexibility index (Phi) is 4.09. The molecule has 0 unspecified atom stereocenters. The Morgan fingerprint density at radius 3 is 3.00 bits per heavy atom. The van der Waals surface area contributed by atoms with Crippen molar-refractivity contribution in [3.8, 4) is 0 Å². The van der Waals surface area contributed by atoms with Crippen LogP contribution in [0.25, 0.3) is 0 Å². The average Bonchev–Trinajstić information content (AvgIpc) is 2.75. The van der Waals surface area contributed by atoms with Crippen molar-refractivity contribution in [2.75, 3.05) is 18.1 Å². The molecule has 1 saturated heterocycles. The van der Waals surface area contributed by atoms with E-state index in [1.165, 1.54) is 30.0 Å². The third-order valence-corrected chi connectivity index (χ3v) is 3.97. The van der Waals surface area contributed by atoms with E-state index < -0.39 is 0 Å². The van der Waals surface area contributed by atoms with Gasteiger partial charge in [0.2, 0.25) is 0 Å². The predicted molar refractivity (Wildman–Crippen MR) is 65.2 cm³/mol. The van der Waals surface area contributed by atoms with Crippen LogP contribution in [0.1, 0.15) is 31.0 Å². The van der Waals surface area contributed by atoms with Gasteiger partial charge in [0, 0.05) is 11.9 Å². The zero-order chi connectivity index (χ0) is 10.5. The lowest BCUT2D eigenvalue weighted by Gasteiger charge is -2.23. The van der Waals surface area contributed by atoms with Gasteiger partial charge in [0.15, 0.2) is 0 Å². The van der Waals surface area contributed by atoms with Gasteiger partial charge < -0.3 is 5.73 Å². The Balaban J connectivity index is 2.02.